The minimum absolute atomic E-state index is 0.196. The molecular formula is C12H10ClFN2. The zero-order chi connectivity index (χ0) is 11.5. The largest absolute Gasteiger partial charge is 0.386 e. The first-order valence-corrected chi connectivity index (χ1v) is 5.31. The van der Waals surface area contributed by atoms with Crippen molar-refractivity contribution in [3.05, 3.63) is 42.2 Å². The average molecular weight is 237 g/mol. The van der Waals surface area contributed by atoms with Gasteiger partial charge in [-0.3, -0.25) is 0 Å². The summed E-state index contributed by atoms with van der Waals surface area (Å²) in [6, 6.07) is 10.0. The Morgan fingerprint density at radius 3 is 2.62 bits per heavy atom. The van der Waals surface area contributed by atoms with Crippen LogP contribution in [0.25, 0.3) is 10.8 Å². The van der Waals surface area contributed by atoms with Gasteiger partial charge >= 0.3 is 0 Å². The van der Waals surface area contributed by atoms with Gasteiger partial charge < -0.3 is 5.73 Å². The molecule has 4 heteroatoms. The highest BCUT2D eigenvalue weighted by atomic mass is 35.5. The SMILES string of the molecule is NC(CCl)=Nc1ccc2cc(F)ccc2c1. The number of hydrogen-bond donors (Lipinski definition) is 1. The molecule has 0 saturated heterocycles. The monoisotopic (exact) mass is 236 g/mol. The molecule has 0 amide bonds. The lowest BCUT2D eigenvalue weighted by Crippen LogP contribution is -2.12. The second kappa shape index (κ2) is 4.49. The van der Waals surface area contributed by atoms with Gasteiger partial charge in [0.15, 0.2) is 0 Å². The predicted octanol–water partition coefficient (Wildman–Crippen LogP) is 3.21. The lowest BCUT2D eigenvalue weighted by atomic mass is 10.1. The van der Waals surface area contributed by atoms with Crippen molar-refractivity contribution in [2.45, 2.75) is 0 Å². The Morgan fingerprint density at radius 1 is 1.19 bits per heavy atom. The molecule has 82 valence electrons. The van der Waals surface area contributed by atoms with Gasteiger partial charge in [0.2, 0.25) is 0 Å². The summed E-state index contributed by atoms with van der Waals surface area (Å²) < 4.78 is 12.9. The van der Waals surface area contributed by atoms with Gasteiger partial charge in [0.05, 0.1) is 11.6 Å². The average Bonchev–Trinajstić information content (AvgIpc) is 2.29. The molecule has 0 unspecified atom stereocenters. The molecule has 0 aromatic heterocycles. The Bertz CT molecular complexity index is 552. The molecule has 2 rings (SSSR count). The quantitative estimate of drug-likeness (QED) is 0.485. The van der Waals surface area contributed by atoms with Crippen LogP contribution in [-0.4, -0.2) is 11.7 Å². The van der Waals surface area contributed by atoms with Crippen molar-refractivity contribution >= 4 is 33.9 Å². The molecule has 0 aliphatic carbocycles. The Hall–Kier alpha value is -1.61. The standard InChI is InChI=1S/C12H10ClFN2/c13-7-12(15)16-11-4-2-8-5-10(14)3-1-9(8)6-11/h1-6H,7H2,(H2,15,16). The molecule has 0 aliphatic rings. The van der Waals surface area contributed by atoms with Crippen molar-refractivity contribution in [1.29, 1.82) is 0 Å². The zero-order valence-corrected chi connectivity index (χ0v) is 9.21. The Morgan fingerprint density at radius 2 is 1.88 bits per heavy atom. The number of rotatable bonds is 2. The van der Waals surface area contributed by atoms with Crippen LogP contribution in [0.15, 0.2) is 41.4 Å². The predicted molar refractivity (Wildman–Crippen MR) is 65.9 cm³/mol. The molecule has 0 radical (unpaired) electrons. The number of alkyl halides is 1. The minimum atomic E-state index is -0.246. The molecule has 0 spiro atoms. The van der Waals surface area contributed by atoms with Crippen molar-refractivity contribution in [3.63, 3.8) is 0 Å². The smallest absolute Gasteiger partial charge is 0.123 e. The number of nitrogens with zero attached hydrogens (tertiary/aromatic N) is 1. The van der Waals surface area contributed by atoms with Crippen molar-refractivity contribution in [2.75, 3.05) is 5.88 Å². The Balaban J connectivity index is 2.48. The zero-order valence-electron chi connectivity index (χ0n) is 8.45. The first kappa shape index (κ1) is 10.9. The van der Waals surface area contributed by atoms with E-state index in [1.165, 1.54) is 12.1 Å². The molecule has 0 fully saturated rings. The van der Waals surface area contributed by atoms with Crippen molar-refractivity contribution in [3.8, 4) is 0 Å². The van der Waals surface area contributed by atoms with E-state index in [0.29, 0.717) is 5.84 Å². The molecule has 2 aromatic rings. The van der Waals surface area contributed by atoms with E-state index in [1.54, 1.807) is 18.2 Å². The maximum atomic E-state index is 12.9. The maximum Gasteiger partial charge on any atom is 0.123 e. The van der Waals surface area contributed by atoms with Crippen LogP contribution in [0.3, 0.4) is 0 Å². The first-order valence-electron chi connectivity index (χ1n) is 4.77. The third kappa shape index (κ3) is 2.31. The van der Waals surface area contributed by atoms with E-state index in [2.05, 4.69) is 4.99 Å². The van der Waals surface area contributed by atoms with E-state index in [0.717, 1.165) is 16.5 Å². The Labute approximate surface area is 97.5 Å². The van der Waals surface area contributed by atoms with Gasteiger partial charge in [-0.1, -0.05) is 12.1 Å². The van der Waals surface area contributed by atoms with Crippen LogP contribution in [0.2, 0.25) is 0 Å². The molecule has 0 atom stereocenters. The van der Waals surface area contributed by atoms with Crippen LogP contribution in [-0.2, 0) is 0 Å². The second-order valence-corrected chi connectivity index (χ2v) is 3.68. The molecule has 16 heavy (non-hydrogen) atoms. The fourth-order valence-corrected chi connectivity index (χ4v) is 1.53. The van der Waals surface area contributed by atoms with E-state index in [4.69, 9.17) is 17.3 Å². The van der Waals surface area contributed by atoms with E-state index < -0.39 is 0 Å². The van der Waals surface area contributed by atoms with Gasteiger partial charge in [-0.2, -0.15) is 0 Å². The van der Waals surface area contributed by atoms with E-state index >= 15 is 0 Å². The lowest BCUT2D eigenvalue weighted by Gasteiger charge is -2.00. The summed E-state index contributed by atoms with van der Waals surface area (Å²) in [7, 11) is 0. The van der Waals surface area contributed by atoms with Gasteiger partial charge in [0.25, 0.3) is 0 Å². The van der Waals surface area contributed by atoms with Gasteiger partial charge in [-0.15, -0.1) is 11.6 Å². The van der Waals surface area contributed by atoms with Crippen LogP contribution in [0.5, 0.6) is 0 Å². The summed E-state index contributed by atoms with van der Waals surface area (Å²) in [5.74, 6) is 0.314. The number of hydrogen-bond acceptors (Lipinski definition) is 1. The van der Waals surface area contributed by atoms with E-state index in [1.807, 2.05) is 6.07 Å². The van der Waals surface area contributed by atoms with Crippen molar-refractivity contribution in [2.24, 2.45) is 10.7 Å². The highest BCUT2D eigenvalue weighted by molar-refractivity contribution is 6.28. The molecular weight excluding hydrogens is 227 g/mol. The summed E-state index contributed by atoms with van der Waals surface area (Å²) in [5, 5.41) is 1.76. The third-order valence-corrected chi connectivity index (χ3v) is 2.47. The lowest BCUT2D eigenvalue weighted by molar-refractivity contribution is 0.630. The molecule has 2 nitrogen and oxygen atoms in total. The molecule has 0 bridgehead atoms. The summed E-state index contributed by atoms with van der Waals surface area (Å²) in [4.78, 5) is 4.12. The highest BCUT2D eigenvalue weighted by Crippen LogP contribution is 2.22. The van der Waals surface area contributed by atoms with Crippen LogP contribution in [0.4, 0.5) is 10.1 Å². The first-order chi connectivity index (χ1) is 7.69. The molecule has 0 saturated carbocycles. The fourth-order valence-electron chi connectivity index (χ4n) is 1.47. The van der Waals surface area contributed by atoms with Gasteiger partial charge in [0.1, 0.15) is 11.7 Å². The van der Waals surface area contributed by atoms with Crippen LogP contribution >= 0.6 is 11.6 Å². The van der Waals surface area contributed by atoms with Gasteiger partial charge in [0, 0.05) is 0 Å². The summed E-state index contributed by atoms with van der Waals surface area (Å²) in [6.45, 7) is 0. The highest BCUT2D eigenvalue weighted by Gasteiger charge is 1.98. The summed E-state index contributed by atoms with van der Waals surface area (Å²) in [5.41, 5.74) is 6.25. The van der Waals surface area contributed by atoms with Crippen LogP contribution in [0.1, 0.15) is 0 Å². The minimum Gasteiger partial charge on any atom is -0.386 e. The van der Waals surface area contributed by atoms with Crippen molar-refractivity contribution in [1.82, 2.24) is 0 Å². The van der Waals surface area contributed by atoms with Crippen LogP contribution < -0.4 is 5.73 Å². The molecule has 2 aromatic carbocycles. The normalized spacial score (nSPS) is 12.0. The summed E-state index contributed by atoms with van der Waals surface area (Å²) >= 11 is 5.54. The fraction of sp³-hybridized carbons (Fsp3) is 0.0833. The van der Waals surface area contributed by atoms with Gasteiger partial charge in [-0.05, 0) is 35.0 Å². The van der Waals surface area contributed by atoms with E-state index in [-0.39, 0.29) is 11.7 Å². The van der Waals surface area contributed by atoms with E-state index in [9.17, 15) is 4.39 Å². The third-order valence-electron chi connectivity index (χ3n) is 2.20. The Kier molecular flexibility index (Phi) is 3.06. The molecule has 0 aliphatic heterocycles. The molecule has 0 heterocycles. The second-order valence-electron chi connectivity index (χ2n) is 3.41. The van der Waals surface area contributed by atoms with Gasteiger partial charge in [-0.25, -0.2) is 9.38 Å². The molecule has 2 N–H and O–H groups in total. The number of fused-ring (bicyclic) bond motifs is 1. The number of benzene rings is 2. The van der Waals surface area contributed by atoms with Crippen LogP contribution in [0, 0.1) is 5.82 Å². The topological polar surface area (TPSA) is 38.4 Å². The maximum absolute atomic E-state index is 12.9. The number of aliphatic imine (C=N–C) groups is 1. The number of halogens is 2. The number of nitrogens with two attached hydrogens (primary N) is 1. The number of amidine groups is 1. The van der Waals surface area contributed by atoms with Crippen molar-refractivity contribution < 1.29 is 4.39 Å². The summed E-state index contributed by atoms with van der Waals surface area (Å²) in [6.07, 6.45) is 0.